The molecule has 0 aliphatic carbocycles. The Labute approximate surface area is 71.5 Å². The highest BCUT2D eigenvalue weighted by atomic mass is 16.5. The molecule has 0 heterocycles. The van der Waals surface area contributed by atoms with Gasteiger partial charge in [-0.05, 0) is 19.3 Å². The first kappa shape index (κ1) is 10.9. The molecule has 0 aromatic carbocycles. The van der Waals surface area contributed by atoms with Gasteiger partial charge in [0.2, 0.25) is 0 Å². The fraction of sp³-hybridized carbons (Fsp3) is 0.750. The van der Waals surface area contributed by atoms with Crippen LogP contribution in [0, 0.1) is 0 Å². The first-order valence-electron chi connectivity index (χ1n) is 3.98. The molecule has 12 heavy (non-hydrogen) atoms. The van der Waals surface area contributed by atoms with Gasteiger partial charge in [-0.2, -0.15) is 0 Å². The van der Waals surface area contributed by atoms with E-state index in [9.17, 15) is 9.59 Å². The third-order valence-corrected chi connectivity index (χ3v) is 1.34. The van der Waals surface area contributed by atoms with Gasteiger partial charge in [0.25, 0.3) is 0 Å². The topological polar surface area (TPSA) is 63.6 Å². The van der Waals surface area contributed by atoms with Gasteiger partial charge >= 0.3 is 11.9 Å². The second-order valence-electron chi connectivity index (χ2n) is 2.54. The number of hydrogen-bond acceptors (Lipinski definition) is 3. The van der Waals surface area contributed by atoms with Gasteiger partial charge in [0.05, 0.1) is 6.61 Å². The van der Waals surface area contributed by atoms with Crippen LogP contribution < -0.4 is 0 Å². The lowest BCUT2D eigenvalue weighted by Gasteiger charge is -1.99. The number of aliphatic carboxylic acids is 1. The molecule has 0 unspecified atom stereocenters. The Morgan fingerprint density at radius 2 is 1.92 bits per heavy atom. The van der Waals surface area contributed by atoms with Gasteiger partial charge in [-0.25, -0.2) is 0 Å². The van der Waals surface area contributed by atoms with Crippen molar-refractivity contribution < 1.29 is 19.4 Å². The number of carbonyl (C=O) groups excluding carboxylic acids is 1. The molecule has 0 aliphatic heterocycles. The number of carboxylic acids is 1. The first-order valence-corrected chi connectivity index (χ1v) is 3.98. The Morgan fingerprint density at radius 3 is 2.42 bits per heavy atom. The predicted molar refractivity (Wildman–Crippen MR) is 42.7 cm³/mol. The van der Waals surface area contributed by atoms with E-state index in [1.807, 2.05) is 0 Å². The van der Waals surface area contributed by atoms with Crippen LogP contribution in [-0.4, -0.2) is 23.7 Å². The standard InChI is InChI=1S/C8H14O4/c1-7(9)12-6-4-2-3-5-8(10)11/h2-6H2,1H3,(H,10,11). The van der Waals surface area contributed by atoms with E-state index in [0.29, 0.717) is 13.0 Å². The highest BCUT2D eigenvalue weighted by Crippen LogP contribution is 1.99. The molecule has 0 atom stereocenters. The Bertz CT molecular complexity index is 135. The molecule has 0 fully saturated rings. The molecule has 1 N–H and O–H groups in total. The van der Waals surface area contributed by atoms with E-state index in [4.69, 9.17) is 5.11 Å². The highest BCUT2D eigenvalue weighted by Gasteiger charge is 1.97. The van der Waals surface area contributed by atoms with Gasteiger partial charge in [-0.3, -0.25) is 9.59 Å². The van der Waals surface area contributed by atoms with Crippen LogP contribution in [0.2, 0.25) is 0 Å². The van der Waals surface area contributed by atoms with E-state index >= 15 is 0 Å². The number of carboxylic acid groups (broad SMARTS) is 1. The smallest absolute Gasteiger partial charge is 0.303 e. The van der Waals surface area contributed by atoms with E-state index < -0.39 is 5.97 Å². The Morgan fingerprint density at radius 1 is 1.25 bits per heavy atom. The molecular formula is C8H14O4. The van der Waals surface area contributed by atoms with Crippen LogP contribution in [0.1, 0.15) is 32.6 Å². The zero-order valence-corrected chi connectivity index (χ0v) is 7.21. The molecule has 0 amide bonds. The maximum atomic E-state index is 10.3. The highest BCUT2D eigenvalue weighted by molar-refractivity contribution is 5.66. The number of esters is 1. The van der Waals surface area contributed by atoms with Crippen LogP contribution in [0.3, 0.4) is 0 Å². The molecule has 0 aromatic rings. The van der Waals surface area contributed by atoms with E-state index in [2.05, 4.69) is 4.74 Å². The van der Waals surface area contributed by atoms with Crippen LogP contribution in [0.4, 0.5) is 0 Å². The molecule has 4 nitrogen and oxygen atoms in total. The molecule has 0 saturated heterocycles. The fourth-order valence-electron chi connectivity index (χ4n) is 0.771. The maximum Gasteiger partial charge on any atom is 0.303 e. The fourth-order valence-corrected chi connectivity index (χ4v) is 0.771. The Hall–Kier alpha value is -1.06. The summed E-state index contributed by atoms with van der Waals surface area (Å²) in [4.78, 5) is 20.3. The normalized spacial score (nSPS) is 9.42. The van der Waals surface area contributed by atoms with E-state index in [1.54, 1.807) is 0 Å². The summed E-state index contributed by atoms with van der Waals surface area (Å²) in [6, 6.07) is 0. The minimum atomic E-state index is -0.775. The van der Waals surface area contributed by atoms with E-state index in [1.165, 1.54) is 6.92 Å². The van der Waals surface area contributed by atoms with Crippen molar-refractivity contribution in [2.45, 2.75) is 32.6 Å². The number of unbranched alkanes of at least 4 members (excludes halogenated alkanes) is 2. The molecule has 0 spiro atoms. The SMILES string of the molecule is CC(=O)OCCCCCC(=O)O. The average Bonchev–Trinajstić information content (AvgIpc) is 1.95. The minimum Gasteiger partial charge on any atom is -0.481 e. The zero-order valence-electron chi connectivity index (χ0n) is 7.21. The maximum absolute atomic E-state index is 10.3. The summed E-state index contributed by atoms with van der Waals surface area (Å²) in [5.74, 6) is -1.06. The lowest BCUT2D eigenvalue weighted by molar-refractivity contribution is -0.141. The van der Waals surface area contributed by atoms with Crippen molar-refractivity contribution >= 4 is 11.9 Å². The third kappa shape index (κ3) is 8.94. The predicted octanol–water partition coefficient (Wildman–Crippen LogP) is 1.19. The summed E-state index contributed by atoms with van der Waals surface area (Å²) in [5, 5.41) is 8.27. The molecule has 0 rings (SSSR count). The van der Waals surface area contributed by atoms with Gasteiger partial charge in [0, 0.05) is 13.3 Å². The number of ether oxygens (including phenoxy) is 1. The summed E-state index contributed by atoms with van der Waals surface area (Å²) in [6.45, 7) is 1.76. The monoisotopic (exact) mass is 174 g/mol. The zero-order chi connectivity index (χ0) is 9.40. The van der Waals surface area contributed by atoms with Crippen molar-refractivity contribution in [1.82, 2.24) is 0 Å². The van der Waals surface area contributed by atoms with Crippen LogP contribution >= 0.6 is 0 Å². The molecule has 0 aliphatic rings. The van der Waals surface area contributed by atoms with Crippen LogP contribution in [0.5, 0.6) is 0 Å². The molecule has 70 valence electrons. The van der Waals surface area contributed by atoms with Crippen LogP contribution in [0.15, 0.2) is 0 Å². The van der Waals surface area contributed by atoms with Gasteiger partial charge < -0.3 is 9.84 Å². The summed E-state index contributed by atoms with van der Waals surface area (Å²) < 4.78 is 4.66. The lowest BCUT2D eigenvalue weighted by Crippen LogP contribution is -2.01. The van der Waals surface area contributed by atoms with Crippen molar-refractivity contribution in [1.29, 1.82) is 0 Å². The number of rotatable bonds is 6. The van der Waals surface area contributed by atoms with Gasteiger partial charge in [0.1, 0.15) is 0 Å². The molecule has 4 heteroatoms. The molecule has 0 radical (unpaired) electrons. The summed E-state index contributed by atoms with van der Waals surface area (Å²) in [6.07, 6.45) is 2.38. The van der Waals surface area contributed by atoms with Crippen LogP contribution in [-0.2, 0) is 14.3 Å². The molecular weight excluding hydrogens is 160 g/mol. The molecule has 0 bridgehead atoms. The molecule has 0 saturated carbocycles. The second kappa shape index (κ2) is 6.64. The lowest BCUT2D eigenvalue weighted by atomic mass is 10.2. The summed E-state index contributed by atoms with van der Waals surface area (Å²) in [5.41, 5.74) is 0. The quantitative estimate of drug-likeness (QED) is 0.485. The Balaban J connectivity index is 3.01. The van der Waals surface area contributed by atoms with E-state index in [0.717, 1.165) is 12.8 Å². The summed E-state index contributed by atoms with van der Waals surface area (Å²) >= 11 is 0. The van der Waals surface area contributed by atoms with E-state index in [-0.39, 0.29) is 12.4 Å². The van der Waals surface area contributed by atoms with Gasteiger partial charge in [0.15, 0.2) is 0 Å². The van der Waals surface area contributed by atoms with Gasteiger partial charge in [-0.15, -0.1) is 0 Å². The van der Waals surface area contributed by atoms with Crippen molar-refractivity contribution in [3.8, 4) is 0 Å². The van der Waals surface area contributed by atoms with Crippen LogP contribution in [0.25, 0.3) is 0 Å². The van der Waals surface area contributed by atoms with Crippen molar-refractivity contribution in [3.63, 3.8) is 0 Å². The van der Waals surface area contributed by atoms with Crippen molar-refractivity contribution in [3.05, 3.63) is 0 Å². The number of hydrogen-bond donors (Lipinski definition) is 1. The number of carbonyl (C=O) groups is 2. The first-order chi connectivity index (χ1) is 5.63. The largest absolute Gasteiger partial charge is 0.481 e. The summed E-state index contributed by atoms with van der Waals surface area (Å²) in [7, 11) is 0. The second-order valence-corrected chi connectivity index (χ2v) is 2.54. The third-order valence-electron chi connectivity index (χ3n) is 1.34. The average molecular weight is 174 g/mol. The van der Waals surface area contributed by atoms with Crippen molar-refractivity contribution in [2.24, 2.45) is 0 Å². The molecule has 0 aromatic heterocycles. The Kier molecular flexibility index (Phi) is 6.05. The van der Waals surface area contributed by atoms with Crippen molar-refractivity contribution in [2.75, 3.05) is 6.61 Å². The minimum absolute atomic E-state index is 0.195. The van der Waals surface area contributed by atoms with Gasteiger partial charge in [-0.1, -0.05) is 0 Å².